The molecule has 5 rings (SSSR count). The lowest BCUT2D eigenvalue weighted by atomic mass is 9.76. The number of carbonyl (C=O) groups excluding carboxylic acids is 2. The fourth-order valence-corrected chi connectivity index (χ4v) is 5.77. The minimum atomic E-state index is -0.926. The Kier molecular flexibility index (Phi) is 8.15. The van der Waals surface area contributed by atoms with E-state index in [1.54, 1.807) is 32.4 Å². The molecule has 1 aromatic heterocycles. The topological polar surface area (TPSA) is 96.5 Å². The Morgan fingerprint density at radius 1 is 1.05 bits per heavy atom. The number of aromatic nitrogens is 2. The zero-order valence-electron chi connectivity index (χ0n) is 23.4. The molecule has 0 saturated heterocycles. The largest absolute Gasteiger partial charge is 0.493 e. The van der Waals surface area contributed by atoms with E-state index in [1.807, 2.05) is 32.0 Å². The number of fused-ring (bicyclic) bond motifs is 3. The van der Waals surface area contributed by atoms with E-state index < -0.39 is 5.41 Å². The first-order valence-electron chi connectivity index (χ1n) is 13.4. The van der Waals surface area contributed by atoms with Crippen molar-refractivity contribution in [2.24, 2.45) is 0 Å². The fourth-order valence-electron chi connectivity index (χ4n) is 5.26. The van der Waals surface area contributed by atoms with Gasteiger partial charge in [0.2, 0.25) is 5.91 Å². The molecule has 10 heteroatoms. The number of hydrogen-bond acceptors (Lipinski definition) is 6. The van der Waals surface area contributed by atoms with Crippen LogP contribution in [0.15, 0.2) is 53.0 Å². The van der Waals surface area contributed by atoms with Crippen LogP contribution in [-0.4, -0.2) is 60.5 Å². The van der Waals surface area contributed by atoms with E-state index in [2.05, 4.69) is 31.2 Å². The second-order valence-corrected chi connectivity index (χ2v) is 11.4. The van der Waals surface area contributed by atoms with Crippen molar-refractivity contribution in [3.63, 3.8) is 0 Å². The van der Waals surface area contributed by atoms with Crippen LogP contribution in [0, 0.1) is 5.82 Å². The van der Waals surface area contributed by atoms with E-state index >= 15 is 0 Å². The number of imide groups is 1. The zero-order chi connectivity index (χ0) is 29.3. The van der Waals surface area contributed by atoms with Gasteiger partial charge in [0.25, 0.3) is 5.91 Å². The highest BCUT2D eigenvalue weighted by molar-refractivity contribution is 9.10. The van der Waals surface area contributed by atoms with Crippen LogP contribution >= 0.6 is 15.9 Å². The number of carbonyl (C=O) groups is 2. The summed E-state index contributed by atoms with van der Waals surface area (Å²) in [6, 6.07) is 13.8. The third kappa shape index (κ3) is 5.46. The summed E-state index contributed by atoms with van der Waals surface area (Å²) in [6.45, 7) is 5.32. The van der Waals surface area contributed by atoms with Gasteiger partial charge >= 0.3 is 0 Å². The van der Waals surface area contributed by atoms with Crippen LogP contribution in [0.25, 0.3) is 22.4 Å². The molecule has 0 atom stereocenters. The van der Waals surface area contributed by atoms with Gasteiger partial charge in [0, 0.05) is 16.6 Å². The van der Waals surface area contributed by atoms with Crippen molar-refractivity contribution in [1.82, 2.24) is 20.2 Å². The van der Waals surface area contributed by atoms with Gasteiger partial charge in [-0.3, -0.25) is 14.5 Å². The summed E-state index contributed by atoms with van der Waals surface area (Å²) in [4.78, 5) is 36.5. The SMILES string of the molecule is COc1ccc(CCNCCCN2C(=O)c3c(cc(Br)c4nc(-c5cccc(F)c5)[nH]c34)C(C)(C)C2=O)cc1OC. The minimum absolute atomic E-state index is 0.239. The Labute approximate surface area is 246 Å². The molecule has 2 amide bonds. The number of nitrogens with one attached hydrogen (secondary N) is 2. The molecule has 2 heterocycles. The Morgan fingerprint density at radius 3 is 2.56 bits per heavy atom. The molecule has 0 radical (unpaired) electrons. The van der Waals surface area contributed by atoms with Crippen molar-refractivity contribution < 1.29 is 23.5 Å². The van der Waals surface area contributed by atoms with E-state index in [9.17, 15) is 14.0 Å². The van der Waals surface area contributed by atoms with Crippen molar-refractivity contribution in [3.05, 3.63) is 75.5 Å². The molecule has 1 aliphatic heterocycles. The van der Waals surface area contributed by atoms with E-state index in [4.69, 9.17) is 9.47 Å². The van der Waals surface area contributed by atoms with Crippen LogP contribution in [0.3, 0.4) is 0 Å². The average Bonchev–Trinajstić information content (AvgIpc) is 3.41. The summed E-state index contributed by atoms with van der Waals surface area (Å²) in [7, 11) is 3.22. The van der Waals surface area contributed by atoms with Gasteiger partial charge in [0.05, 0.1) is 30.7 Å². The Morgan fingerprint density at radius 2 is 1.83 bits per heavy atom. The lowest BCUT2D eigenvalue weighted by Gasteiger charge is -2.37. The summed E-state index contributed by atoms with van der Waals surface area (Å²) in [5.41, 5.74) is 2.88. The summed E-state index contributed by atoms with van der Waals surface area (Å²) < 4.78 is 25.2. The summed E-state index contributed by atoms with van der Waals surface area (Å²) in [5.74, 6) is 0.848. The molecule has 41 heavy (non-hydrogen) atoms. The van der Waals surface area contributed by atoms with Crippen molar-refractivity contribution >= 4 is 38.8 Å². The molecule has 3 aromatic carbocycles. The average molecular weight is 624 g/mol. The number of halogens is 2. The molecule has 0 aliphatic carbocycles. The molecule has 4 aromatic rings. The fraction of sp³-hybridized carbons (Fsp3) is 0.323. The van der Waals surface area contributed by atoms with Crippen molar-refractivity contribution in [2.75, 3.05) is 33.9 Å². The number of benzene rings is 3. The summed E-state index contributed by atoms with van der Waals surface area (Å²) in [6.07, 6.45) is 1.40. The maximum Gasteiger partial charge on any atom is 0.262 e. The van der Waals surface area contributed by atoms with E-state index in [0.29, 0.717) is 62.5 Å². The number of methoxy groups -OCH3 is 2. The predicted molar refractivity (Wildman–Crippen MR) is 159 cm³/mol. The predicted octanol–water partition coefficient (Wildman–Crippen LogP) is 5.63. The van der Waals surface area contributed by atoms with Gasteiger partial charge in [0.1, 0.15) is 17.2 Å². The van der Waals surface area contributed by atoms with Gasteiger partial charge in [-0.1, -0.05) is 18.2 Å². The minimum Gasteiger partial charge on any atom is -0.493 e. The third-order valence-corrected chi connectivity index (χ3v) is 8.11. The summed E-state index contributed by atoms with van der Waals surface area (Å²) >= 11 is 3.57. The smallest absolute Gasteiger partial charge is 0.262 e. The lowest BCUT2D eigenvalue weighted by Crippen LogP contribution is -2.52. The number of aromatic amines is 1. The second kappa shape index (κ2) is 11.6. The first-order valence-corrected chi connectivity index (χ1v) is 14.2. The van der Waals surface area contributed by atoms with Crippen LogP contribution in [0.4, 0.5) is 4.39 Å². The second-order valence-electron chi connectivity index (χ2n) is 10.5. The standard InChI is InChI=1S/C31H32BrFN4O4/c1-31(2)21-17-22(32)26-27(36-28(35-26)19-7-5-8-20(33)16-19)25(21)29(38)37(30(31)39)14-6-12-34-13-11-18-9-10-23(40-3)24(15-18)41-4/h5,7-10,15-17,34H,6,11-14H2,1-4H3,(H,35,36). The van der Waals surface area contributed by atoms with Crippen LogP contribution in [0.5, 0.6) is 11.5 Å². The molecule has 0 bridgehead atoms. The van der Waals surface area contributed by atoms with Crippen molar-refractivity contribution in [2.45, 2.75) is 32.1 Å². The van der Waals surface area contributed by atoms with Gasteiger partial charge in [-0.05, 0) is 97.2 Å². The first-order chi connectivity index (χ1) is 19.6. The molecule has 0 unspecified atom stereocenters. The molecule has 0 spiro atoms. The molecular weight excluding hydrogens is 591 g/mol. The number of rotatable bonds is 10. The zero-order valence-corrected chi connectivity index (χ0v) is 25.0. The van der Waals surface area contributed by atoms with Crippen molar-refractivity contribution in [3.8, 4) is 22.9 Å². The van der Waals surface area contributed by atoms with Gasteiger partial charge in [-0.25, -0.2) is 9.37 Å². The number of amides is 2. The maximum atomic E-state index is 13.9. The quantitative estimate of drug-likeness (QED) is 0.176. The number of H-pyrrole nitrogens is 1. The van der Waals surface area contributed by atoms with Crippen LogP contribution in [0.2, 0.25) is 0 Å². The van der Waals surface area contributed by atoms with E-state index in [0.717, 1.165) is 18.5 Å². The molecule has 2 N–H and O–H groups in total. The number of hydrogen-bond donors (Lipinski definition) is 2. The number of ether oxygens (including phenoxy) is 2. The summed E-state index contributed by atoms with van der Waals surface area (Å²) in [5, 5.41) is 3.40. The number of imidazole rings is 1. The lowest BCUT2D eigenvalue weighted by molar-refractivity contribution is -0.134. The Bertz CT molecular complexity index is 1630. The van der Waals surface area contributed by atoms with Crippen LogP contribution < -0.4 is 14.8 Å². The highest BCUT2D eigenvalue weighted by Crippen LogP contribution is 2.41. The Balaban J connectivity index is 1.30. The van der Waals surface area contributed by atoms with Gasteiger partial charge in [-0.15, -0.1) is 0 Å². The van der Waals surface area contributed by atoms with Crippen LogP contribution in [-0.2, 0) is 16.6 Å². The normalized spacial score (nSPS) is 14.4. The van der Waals surface area contributed by atoms with E-state index in [-0.39, 0.29) is 24.2 Å². The highest BCUT2D eigenvalue weighted by Gasteiger charge is 2.45. The van der Waals surface area contributed by atoms with Gasteiger partial charge in [-0.2, -0.15) is 0 Å². The molecule has 214 valence electrons. The van der Waals surface area contributed by atoms with E-state index in [1.165, 1.54) is 17.0 Å². The van der Waals surface area contributed by atoms with Gasteiger partial charge < -0.3 is 19.8 Å². The Hall–Kier alpha value is -3.76. The van der Waals surface area contributed by atoms with Crippen molar-refractivity contribution in [1.29, 1.82) is 0 Å². The maximum absolute atomic E-state index is 13.9. The molecule has 8 nitrogen and oxygen atoms in total. The number of nitrogens with zero attached hydrogens (tertiary/aromatic N) is 2. The molecule has 0 fully saturated rings. The van der Waals surface area contributed by atoms with Crippen LogP contribution in [0.1, 0.15) is 41.8 Å². The highest BCUT2D eigenvalue weighted by atomic mass is 79.9. The van der Waals surface area contributed by atoms with Gasteiger partial charge in [0.15, 0.2) is 11.5 Å². The molecule has 0 saturated carbocycles. The molecular formula is C31H32BrFN4O4. The molecule has 1 aliphatic rings. The third-order valence-electron chi connectivity index (χ3n) is 7.50. The monoisotopic (exact) mass is 622 g/mol. The first kappa shape index (κ1) is 28.8.